The fraction of sp³-hybridized carbons (Fsp3) is 0.375. The van der Waals surface area contributed by atoms with Crippen LogP contribution < -0.4 is 16.4 Å². The van der Waals surface area contributed by atoms with E-state index in [1.54, 1.807) is 24.3 Å². The Balaban J connectivity index is 1.57. The monoisotopic (exact) mass is 581 g/mol. The minimum absolute atomic E-state index is 0.0557. The fourth-order valence-electron chi connectivity index (χ4n) is 4.43. The van der Waals surface area contributed by atoms with E-state index in [4.69, 9.17) is 28.9 Å². The van der Waals surface area contributed by atoms with E-state index in [1.807, 2.05) is 6.07 Å². The first kappa shape index (κ1) is 25.8. The third-order valence-electron chi connectivity index (χ3n) is 6.29. The lowest BCUT2D eigenvalue weighted by atomic mass is 9.92. The number of nitrogens with two attached hydrogens (primary N) is 1. The summed E-state index contributed by atoms with van der Waals surface area (Å²) in [5.41, 5.74) is 6.85. The molecule has 2 aromatic carbocycles. The molecular weight excluding hydrogens is 557 g/mol. The van der Waals surface area contributed by atoms with E-state index >= 15 is 0 Å². The first-order chi connectivity index (χ1) is 16.7. The molecule has 2 aromatic rings. The number of benzene rings is 2. The molecule has 0 radical (unpaired) electrons. The lowest BCUT2D eigenvalue weighted by Gasteiger charge is -2.32. The molecule has 1 aliphatic carbocycles. The number of halogens is 3. The third kappa shape index (κ3) is 6.09. The number of urea groups is 1. The van der Waals surface area contributed by atoms with Crippen LogP contribution in [-0.2, 0) is 4.79 Å². The van der Waals surface area contributed by atoms with Gasteiger partial charge in [-0.2, -0.15) is 0 Å². The highest BCUT2D eigenvalue weighted by atomic mass is 79.9. The number of hydrogen-bond donors (Lipinski definition) is 3. The van der Waals surface area contributed by atoms with Crippen molar-refractivity contribution in [2.45, 2.75) is 43.9 Å². The molecule has 4 rings (SSSR count). The molecule has 11 heteroatoms. The minimum atomic E-state index is -1.11. The average molecular weight is 583 g/mol. The molecule has 8 nitrogen and oxygen atoms in total. The number of rotatable bonds is 4. The zero-order valence-corrected chi connectivity index (χ0v) is 21.9. The maximum absolute atomic E-state index is 13.5. The van der Waals surface area contributed by atoms with Gasteiger partial charge < -0.3 is 21.3 Å². The second kappa shape index (κ2) is 11.2. The lowest BCUT2D eigenvalue weighted by molar-refractivity contribution is -0.128. The van der Waals surface area contributed by atoms with Gasteiger partial charge in [-0.05, 0) is 62.1 Å². The summed E-state index contributed by atoms with van der Waals surface area (Å²) in [6.45, 7) is 0.388. The summed E-state index contributed by atoms with van der Waals surface area (Å²) in [5, 5.41) is 6.41. The van der Waals surface area contributed by atoms with Gasteiger partial charge in [-0.25, -0.2) is 4.79 Å². The van der Waals surface area contributed by atoms with E-state index in [2.05, 4.69) is 26.6 Å². The number of carbonyl (C=O) groups excluding carboxylic acids is 3. The summed E-state index contributed by atoms with van der Waals surface area (Å²) < 4.78 is 0.804. The number of amides is 4. The van der Waals surface area contributed by atoms with Gasteiger partial charge in [0.2, 0.25) is 0 Å². The minimum Gasteiger partial charge on any atom is -0.350 e. The number of anilines is 1. The second-order valence-electron chi connectivity index (χ2n) is 8.76. The Morgan fingerprint density at radius 3 is 2.34 bits per heavy atom. The molecule has 0 aromatic heterocycles. The summed E-state index contributed by atoms with van der Waals surface area (Å²) >= 11 is 15.5. The van der Waals surface area contributed by atoms with Gasteiger partial charge >= 0.3 is 6.03 Å². The van der Waals surface area contributed by atoms with Crippen LogP contribution in [0.25, 0.3) is 0 Å². The number of carbonyl (C=O) groups is 3. The molecule has 1 unspecified atom stereocenters. The highest BCUT2D eigenvalue weighted by Crippen LogP contribution is 2.26. The van der Waals surface area contributed by atoms with Crippen molar-refractivity contribution in [3.8, 4) is 0 Å². The topological polar surface area (TPSA) is 108 Å². The second-order valence-corrected chi connectivity index (χ2v) is 10.5. The van der Waals surface area contributed by atoms with Gasteiger partial charge in [-0.15, -0.1) is 0 Å². The SMILES string of the molecule is NC1CCC(NC(=O)C2N(C(=O)Nc3cccc(Br)c3)CCN2C(=O)c2ccc(Cl)c(Cl)c2)CC1. The van der Waals surface area contributed by atoms with Crippen molar-refractivity contribution in [2.24, 2.45) is 5.73 Å². The van der Waals surface area contributed by atoms with Gasteiger partial charge in [-0.3, -0.25) is 14.5 Å². The van der Waals surface area contributed by atoms with Gasteiger partial charge in [0, 0.05) is 40.9 Å². The van der Waals surface area contributed by atoms with E-state index in [9.17, 15) is 14.4 Å². The Morgan fingerprint density at radius 2 is 1.66 bits per heavy atom. The summed E-state index contributed by atoms with van der Waals surface area (Å²) in [6, 6.07) is 11.3. The molecule has 1 heterocycles. The predicted octanol–water partition coefficient (Wildman–Crippen LogP) is 4.46. The van der Waals surface area contributed by atoms with Crippen LogP contribution in [0.5, 0.6) is 0 Å². The van der Waals surface area contributed by atoms with Crippen LogP contribution in [0.1, 0.15) is 36.0 Å². The molecule has 2 fully saturated rings. The Hall–Kier alpha value is -2.33. The van der Waals surface area contributed by atoms with Gasteiger partial charge in [0.1, 0.15) is 0 Å². The van der Waals surface area contributed by atoms with Crippen LogP contribution in [0.4, 0.5) is 10.5 Å². The first-order valence-electron chi connectivity index (χ1n) is 11.4. The number of nitrogens with zero attached hydrogens (tertiary/aromatic N) is 2. The molecule has 0 spiro atoms. The molecule has 4 amide bonds. The molecule has 0 bridgehead atoms. The smallest absolute Gasteiger partial charge is 0.323 e. The highest BCUT2D eigenvalue weighted by Gasteiger charge is 2.43. The van der Waals surface area contributed by atoms with Crippen molar-refractivity contribution in [3.05, 3.63) is 62.5 Å². The molecule has 1 saturated carbocycles. The van der Waals surface area contributed by atoms with Crippen LogP contribution >= 0.6 is 39.1 Å². The van der Waals surface area contributed by atoms with Crippen LogP contribution in [0.2, 0.25) is 10.0 Å². The Kier molecular flexibility index (Phi) is 8.21. The van der Waals surface area contributed by atoms with Crippen molar-refractivity contribution >= 4 is 62.7 Å². The zero-order valence-electron chi connectivity index (χ0n) is 18.8. The van der Waals surface area contributed by atoms with E-state index in [1.165, 1.54) is 21.9 Å². The van der Waals surface area contributed by atoms with Crippen molar-refractivity contribution < 1.29 is 14.4 Å². The Labute approximate surface area is 222 Å². The van der Waals surface area contributed by atoms with Crippen molar-refractivity contribution in [2.75, 3.05) is 18.4 Å². The van der Waals surface area contributed by atoms with Gasteiger partial charge in [-0.1, -0.05) is 45.2 Å². The summed E-state index contributed by atoms with van der Waals surface area (Å²) in [5.74, 6) is -0.812. The summed E-state index contributed by atoms with van der Waals surface area (Å²) in [6.07, 6.45) is 2.03. The summed E-state index contributed by atoms with van der Waals surface area (Å²) in [7, 11) is 0. The van der Waals surface area contributed by atoms with Crippen molar-refractivity contribution in [3.63, 3.8) is 0 Å². The van der Waals surface area contributed by atoms with Gasteiger partial charge in [0.15, 0.2) is 6.17 Å². The summed E-state index contributed by atoms with van der Waals surface area (Å²) in [4.78, 5) is 42.8. The van der Waals surface area contributed by atoms with E-state index in [-0.39, 0.29) is 35.8 Å². The van der Waals surface area contributed by atoms with Crippen molar-refractivity contribution in [1.82, 2.24) is 15.1 Å². The van der Waals surface area contributed by atoms with E-state index in [0.717, 1.165) is 30.2 Å². The van der Waals surface area contributed by atoms with Gasteiger partial charge in [0.05, 0.1) is 10.0 Å². The van der Waals surface area contributed by atoms with Crippen molar-refractivity contribution in [1.29, 1.82) is 0 Å². The largest absolute Gasteiger partial charge is 0.350 e. The van der Waals surface area contributed by atoms with Crippen LogP contribution in [0, 0.1) is 0 Å². The van der Waals surface area contributed by atoms with Crippen LogP contribution in [-0.4, -0.2) is 59.0 Å². The average Bonchev–Trinajstić information content (AvgIpc) is 3.27. The van der Waals surface area contributed by atoms with Crippen LogP contribution in [0.3, 0.4) is 0 Å². The lowest BCUT2D eigenvalue weighted by Crippen LogP contribution is -2.56. The number of nitrogens with one attached hydrogen (secondary N) is 2. The maximum Gasteiger partial charge on any atom is 0.323 e. The normalized spacial score (nSPS) is 22.1. The molecular formula is C24H26BrCl2N5O3. The van der Waals surface area contributed by atoms with Crippen LogP contribution in [0.15, 0.2) is 46.9 Å². The molecule has 1 atom stereocenters. The van der Waals surface area contributed by atoms with Gasteiger partial charge in [0.25, 0.3) is 11.8 Å². The zero-order chi connectivity index (χ0) is 25.1. The molecule has 1 saturated heterocycles. The molecule has 1 aliphatic heterocycles. The third-order valence-corrected chi connectivity index (χ3v) is 7.52. The molecule has 4 N–H and O–H groups in total. The molecule has 2 aliphatic rings. The molecule has 35 heavy (non-hydrogen) atoms. The predicted molar refractivity (Wildman–Crippen MR) is 140 cm³/mol. The Morgan fingerprint density at radius 1 is 0.943 bits per heavy atom. The highest BCUT2D eigenvalue weighted by molar-refractivity contribution is 9.10. The number of hydrogen-bond acceptors (Lipinski definition) is 4. The maximum atomic E-state index is 13.5. The first-order valence-corrected chi connectivity index (χ1v) is 12.9. The Bertz CT molecular complexity index is 1130. The van der Waals surface area contributed by atoms with E-state index < -0.39 is 24.0 Å². The fourth-order valence-corrected chi connectivity index (χ4v) is 5.13. The van der Waals surface area contributed by atoms with E-state index in [0.29, 0.717) is 10.7 Å². The quantitative estimate of drug-likeness (QED) is 0.494. The molecule has 186 valence electrons. The standard InChI is InChI=1S/C24H26BrCl2N5O3/c25-15-2-1-3-18(13-15)30-24(35)32-11-10-31(23(34)14-4-9-19(26)20(27)12-14)22(32)21(33)29-17-7-5-16(28)6-8-17/h1-4,9,12-13,16-17,22H,5-8,10-11,28H2,(H,29,33)(H,30,35).